The van der Waals surface area contributed by atoms with Crippen molar-refractivity contribution >= 4 is 21.6 Å². The summed E-state index contributed by atoms with van der Waals surface area (Å²) < 4.78 is 65.4. The molecule has 0 spiro atoms. The van der Waals surface area contributed by atoms with Crippen LogP contribution in [-0.2, 0) is 16.2 Å². The highest BCUT2D eigenvalue weighted by Crippen LogP contribution is 2.35. The fourth-order valence-electron chi connectivity index (χ4n) is 2.72. The number of likely N-dealkylation sites (N-methyl/N-ethyl adjacent to an activating group) is 1. The van der Waals surface area contributed by atoms with Crippen LogP contribution < -0.4 is 4.72 Å². The van der Waals surface area contributed by atoms with Crippen molar-refractivity contribution in [3.63, 3.8) is 0 Å². The smallest absolute Gasteiger partial charge is 0.299 e. The Hall–Kier alpha value is -0.830. The van der Waals surface area contributed by atoms with Crippen LogP contribution in [0.1, 0.15) is 25.3 Å². The van der Waals surface area contributed by atoms with E-state index in [4.69, 9.17) is 11.6 Å². The lowest BCUT2D eigenvalue weighted by Crippen LogP contribution is -2.40. The lowest BCUT2D eigenvalue weighted by atomic mass is 10.2. The first-order valence-electron chi connectivity index (χ1n) is 7.25. The van der Waals surface area contributed by atoms with Gasteiger partial charge in [-0.05, 0) is 44.1 Å². The fourth-order valence-corrected chi connectivity index (χ4v) is 4.04. The van der Waals surface area contributed by atoms with Gasteiger partial charge in [-0.2, -0.15) is 13.2 Å². The molecule has 0 unspecified atom stereocenters. The summed E-state index contributed by atoms with van der Waals surface area (Å²) in [7, 11) is -4.01. The highest BCUT2D eigenvalue weighted by atomic mass is 35.5. The van der Waals surface area contributed by atoms with E-state index in [0.29, 0.717) is 6.07 Å². The zero-order chi connectivity index (χ0) is 17.3. The third kappa shape index (κ3) is 4.37. The molecule has 1 heterocycles. The number of hydrogen-bond donors (Lipinski definition) is 1. The van der Waals surface area contributed by atoms with Gasteiger partial charge in [0.05, 0.1) is 15.5 Å². The first-order chi connectivity index (χ1) is 10.6. The van der Waals surface area contributed by atoms with Crippen molar-refractivity contribution in [1.29, 1.82) is 0 Å². The molecule has 0 amide bonds. The third-order valence-corrected chi connectivity index (χ3v) is 5.72. The maximum Gasteiger partial charge on any atom is 0.417 e. The Morgan fingerprint density at radius 2 is 2.09 bits per heavy atom. The van der Waals surface area contributed by atoms with Crippen LogP contribution in [0.15, 0.2) is 23.1 Å². The first-order valence-corrected chi connectivity index (χ1v) is 9.11. The number of nitrogens with zero attached hydrogens (tertiary/aromatic N) is 1. The minimum Gasteiger partial charge on any atom is -0.299 e. The van der Waals surface area contributed by atoms with Crippen LogP contribution in [0.5, 0.6) is 0 Å². The second-order valence-electron chi connectivity index (χ2n) is 5.42. The van der Waals surface area contributed by atoms with E-state index in [-0.39, 0.29) is 12.6 Å². The van der Waals surface area contributed by atoms with Gasteiger partial charge in [-0.15, -0.1) is 0 Å². The molecule has 4 nitrogen and oxygen atoms in total. The second-order valence-corrected chi connectivity index (χ2v) is 7.59. The summed E-state index contributed by atoms with van der Waals surface area (Å²) in [4.78, 5) is 1.71. The van der Waals surface area contributed by atoms with Gasteiger partial charge in [0.1, 0.15) is 0 Å². The van der Waals surface area contributed by atoms with E-state index < -0.39 is 31.7 Å². The van der Waals surface area contributed by atoms with E-state index >= 15 is 0 Å². The molecule has 2 rings (SSSR count). The monoisotopic (exact) mass is 370 g/mol. The number of rotatable bonds is 5. The van der Waals surface area contributed by atoms with E-state index in [1.165, 1.54) is 0 Å². The summed E-state index contributed by atoms with van der Waals surface area (Å²) in [6.07, 6.45) is -2.85. The van der Waals surface area contributed by atoms with Crippen molar-refractivity contribution in [2.45, 2.75) is 36.9 Å². The van der Waals surface area contributed by atoms with E-state index in [9.17, 15) is 21.6 Å². The summed E-state index contributed by atoms with van der Waals surface area (Å²) in [6.45, 7) is 3.88. The zero-order valence-corrected chi connectivity index (χ0v) is 14.1. The molecule has 0 bridgehead atoms. The molecule has 1 saturated heterocycles. The van der Waals surface area contributed by atoms with E-state index in [1.807, 2.05) is 6.92 Å². The van der Waals surface area contributed by atoms with Gasteiger partial charge in [0.25, 0.3) is 0 Å². The van der Waals surface area contributed by atoms with Gasteiger partial charge in [0, 0.05) is 12.6 Å². The minimum atomic E-state index is -4.70. The lowest BCUT2D eigenvalue weighted by Gasteiger charge is -2.23. The molecule has 1 aliphatic rings. The zero-order valence-electron chi connectivity index (χ0n) is 12.5. The molecule has 0 radical (unpaired) electrons. The Bertz CT molecular complexity index is 664. The van der Waals surface area contributed by atoms with Crippen molar-refractivity contribution in [1.82, 2.24) is 9.62 Å². The molecule has 130 valence electrons. The molecule has 0 saturated carbocycles. The molecule has 9 heteroatoms. The molecule has 0 aliphatic carbocycles. The largest absolute Gasteiger partial charge is 0.417 e. The summed E-state index contributed by atoms with van der Waals surface area (Å²) >= 11 is 5.51. The molecule has 23 heavy (non-hydrogen) atoms. The quantitative estimate of drug-likeness (QED) is 0.866. The molecular formula is C14H18ClF3N2O2S. The number of benzene rings is 1. The van der Waals surface area contributed by atoms with Crippen LogP contribution in [0, 0.1) is 0 Å². The molecule has 0 aromatic heterocycles. The van der Waals surface area contributed by atoms with Crippen molar-refractivity contribution in [3.05, 3.63) is 28.8 Å². The Labute approximate surface area is 138 Å². The number of nitrogens with one attached hydrogen (secondary N) is 1. The van der Waals surface area contributed by atoms with Gasteiger partial charge in [-0.1, -0.05) is 18.5 Å². The maximum atomic E-state index is 12.8. The number of hydrogen-bond acceptors (Lipinski definition) is 3. The standard InChI is InChI=1S/C14H18ClF3N2O2S/c1-2-20-7-3-4-10(20)9-19-23(21,22)11-5-6-13(15)12(8-11)14(16,17)18/h5-6,8,10,19H,2-4,7,9H2,1H3/t10-/m0/s1. The molecule has 1 aliphatic heterocycles. The Balaban J connectivity index is 2.17. The SMILES string of the molecule is CCN1CCC[C@H]1CNS(=O)(=O)c1ccc(Cl)c(C(F)(F)F)c1. The minimum absolute atomic E-state index is 0.0733. The van der Waals surface area contributed by atoms with E-state index in [2.05, 4.69) is 9.62 Å². The number of alkyl halides is 3. The van der Waals surface area contributed by atoms with Crippen molar-refractivity contribution in [2.24, 2.45) is 0 Å². The normalized spacial score (nSPS) is 20.1. The molecule has 1 fully saturated rings. The number of sulfonamides is 1. The Morgan fingerprint density at radius 1 is 1.39 bits per heavy atom. The van der Waals surface area contributed by atoms with Crippen LogP contribution >= 0.6 is 11.6 Å². The summed E-state index contributed by atoms with van der Waals surface area (Å²) in [5.74, 6) is 0. The van der Waals surface area contributed by atoms with Gasteiger partial charge in [-0.3, -0.25) is 4.90 Å². The van der Waals surface area contributed by atoms with Gasteiger partial charge in [-0.25, -0.2) is 13.1 Å². The van der Waals surface area contributed by atoms with Gasteiger partial charge in [0.2, 0.25) is 10.0 Å². The number of halogens is 4. The van der Waals surface area contributed by atoms with Gasteiger partial charge in [0.15, 0.2) is 0 Å². The van der Waals surface area contributed by atoms with Crippen molar-refractivity contribution < 1.29 is 21.6 Å². The van der Waals surface area contributed by atoms with Crippen molar-refractivity contribution in [3.8, 4) is 0 Å². The van der Waals surface area contributed by atoms with Gasteiger partial charge < -0.3 is 0 Å². The highest BCUT2D eigenvalue weighted by molar-refractivity contribution is 7.89. The van der Waals surface area contributed by atoms with Crippen LogP contribution in [0.2, 0.25) is 5.02 Å². The Morgan fingerprint density at radius 3 is 2.70 bits per heavy atom. The van der Waals surface area contributed by atoms with E-state index in [0.717, 1.165) is 38.1 Å². The molecule has 1 aromatic rings. The average molecular weight is 371 g/mol. The predicted molar refractivity (Wildman–Crippen MR) is 81.9 cm³/mol. The lowest BCUT2D eigenvalue weighted by molar-refractivity contribution is -0.137. The summed E-state index contributed by atoms with van der Waals surface area (Å²) in [5.41, 5.74) is -1.15. The molecule has 1 atom stereocenters. The first kappa shape index (κ1) is 18.5. The Kier molecular flexibility index (Phi) is 5.60. The topological polar surface area (TPSA) is 49.4 Å². The molecular weight excluding hydrogens is 353 g/mol. The van der Waals surface area contributed by atoms with Gasteiger partial charge >= 0.3 is 6.18 Å². The average Bonchev–Trinajstić information content (AvgIpc) is 2.91. The van der Waals surface area contributed by atoms with Crippen LogP contribution in [-0.4, -0.2) is 39.0 Å². The summed E-state index contributed by atoms with van der Waals surface area (Å²) in [5, 5.41) is -0.524. The second kappa shape index (κ2) is 6.96. The van der Waals surface area contributed by atoms with E-state index in [1.54, 1.807) is 0 Å². The van der Waals surface area contributed by atoms with Crippen LogP contribution in [0.25, 0.3) is 0 Å². The maximum absolute atomic E-state index is 12.8. The predicted octanol–water partition coefficient (Wildman–Crippen LogP) is 3.12. The molecule has 1 aromatic carbocycles. The third-order valence-electron chi connectivity index (χ3n) is 3.97. The highest BCUT2D eigenvalue weighted by Gasteiger charge is 2.34. The van der Waals surface area contributed by atoms with Crippen LogP contribution in [0.4, 0.5) is 13.2 Å². The molecule has 1 N–H and O–H groups in total. The number of likely N-dealkylation sites (tertiary alicyclic amines) is 1. The van der Waals surface area contributed by atoms with Crippen LogP contribution in [0.3, 0.4) is 0 Å². The van der Waals surface area contributed by atoms with Crippen molar-refractivity contribution in [2.75, 3.05) is 19.6 Å². The summed E-state index contributed by atoms with van der Waals surface area (Å²) in [6, 6.07) is 2.67. The fraction of sp³-hybridized carbons (Fsp3) is 0.571.